The van der Waals surface area contributed by atoms with Crippen LogP contribution in [0.3, 0.4) is 0 Å². The summed E-state index contributed by atoms with van der Waals surface area (Å²) in [6.07, 6.45) is -4.75. The normalized spacial score (nSPS) is 16.1. The van der Waals surface area contributed by atoms with E-state index in [1.54, 1.807) is 13.8 Å². The molecule has 0 amide bonds. The second-order valence-electron chi connectivity index (χ2n) is 6.40. The molecule has 29 heavy (non-hydrogen) atoms. The van der Waals surface area contributed by atoms with Crippen LogP contribution in [-0.4, -0.2) is 30.6 Å². The summed E-state index contributed by atoms with van der Waals surface area (Å²) < 4.78 is 56.3. The maximum Gasteiger partial charge on any atom is 0.417 e. The van der Waals surface area contributed by atoms with E-state index in [4.69, 9.17) is 11.6 Å². The minimum absolute atomic E-state index is 0.145. The summed E-state index contributed by atoms with van der Waals surface area (Å²) in [5, 5.41) is 13.3. The second kappa shape index (κ2) is 6.51. The lowest BCUT2D eigenvalue weighted by molar-refractivity contribution is -0.137. The molecule has 1 aliphatic rings. The molecule has 0 aliphatic carbocycles. The number of hydrogen-bond donors (Lipinski definition) is 1. The average molecular weight is 426 g/mol. The number of benzene rings is 1. The minimum atomic E-state index is -4.75. The van der Waals surface area contributed by atoms with Gasteiger partial charge in [-0.3, -0.25) is 4.99 Å². The molecule has 3 aromatic rings. The standard InChI is InChI=1S/C18H12ClF4N5O/c1-7-17-25-8(2)27-28(17)11-5-3-9(18(21,22)23)14(19)13(11)16(24-7)15-10(20)4-6-12(29)26-15/h3-7H,1-2H3,(H,26,29)/t7-/m0/s1. The Kier molecular flexibility index (Phi) is 4.34. The molecule has 0 fully saturated rings. The maximum absolute atomic E-state index is 14.5. The molecule has 1 N–H and O–H groups in total. The molecule has 1 aromatic carbocycles. The van der Waals surface area contributed by atoms with Crippen molar-refractivity contribution in [1.82, 2.24) is 19.7 Å². The van der Waals surface area contributed by atoms with Gasteiger partial charge in [-0.05, 0) is 32.0 Å². The number of halogens is 5. The summed E-state index contributed by atoms with van der Waals surface area (Å²) >= 11 is 6.17. The van der Waals surface area contributed by atoms with Crippen molar-refractivity contribution in [2.24, 2.45) is 4.99 Å². The smallest absolute Gasteiger partial charge is 0.417 e. The van der Waals surface area contributed by atoms with E-state index < -0.39 is 40.2 Å². The SMILES string of the molecule is Cc1nc2n(n1)-c1ccc(C(F)(F)F)c(Cl)c1C(c1nc(O)ccc1F)=N[C@H]2C. The topological polar surface area (TPSA) is 76.2 Å². The van der Waals surface area contributed by atoms with E-state index in [9.17, 15) is 22.7 Å². The van der Waals surface area contributed by atoms with Crippen LogP contribution in [0, 0.1) is 12.7 Å². The van der Waals surface area contributed by atoms with Crippen molar-refractivity contribution in [3.05, 3.63) is 63.6 Å². The Hall–Kier alpha value is -3.01. The molecule has 4 rings (SSSR count). The van der Waals surface area contributed by atoms with E-state index in [0.29, 0.717) is 11.6 Å². The first kappa shape index (κ1) is 19.3. The second-order valence-corrected chi connectivity index (χ2v) is 6.78. The summed E-state index contributed by atoms with van der Waals surface area (Å²) in [5.74, 6) is -0.668. The largest absolute Gasteiger partial charge is 0.493 e. The first-order valence-electron chi connectivity index (χ1n) is 8.35. The molecule has 150 valence electrons. The van der Waals surface area contributed by atoms with Gasteiger partial charge in [-0.2, -0.15) is 18.3 Å². The Balaban J connectivity index is 2.12. The van der Waals surface area contributed by atoms with Crippen LogP contribution in [0.5, 0.6) is 5.88 Å². The lowest BCUT2D eigenvalue weighted by Gasteiger charge is -2.17. The monoisotopic (exact) mass is 425 g/mol. The van der Waals surface area contributed by atoms with Crippen molar-refractivity contribution >= 4 is 17.3 Å². The predicted molar refractivity (Wildman–Crippen MR) is 96.0 cm³/mol. The van der Waals surface area contributed by atoms with Crippen molar-refractivity contribution in [2.75, 3.05) is 0 Å². The van der Waals surface area contributed by atoms with Gasteiger partial charge in [0.15, 0.2) is 11.6 Å². The number of aromatic hydroxyl groups is 1. The Morgan fingerprint density at radius 2 is 1.86 bits per heavy atom. The van der Waals surface area contributed by atoms with E-state index >= 15 is 0 Å². The lowest BCUT2D eigenvalue weighted by atomic mass is 10.0. The summed E-state index contributed by atoms with van der Waals surface area (Å²) in [6.45, 7) is 3.26. The molecule has 0 radical (unpaired) electrons. The molecule has 0 saturated heterocycles. The van der Waals surface area contributed by atoms with Gasteiger partial charge >= 0.3 is 6.18 Å². The van der Waals surface area contributed by atoms with E-state index in [1.807, 2.05) is 0 Å². The van der Waals surface area contributed by atoms with Crippen LogP contribution in [0.15, 0.2) is 29.3 Å². The van der Waals surface area contributed by atoms with Gasteiger partial charge in [0.2, 0.25) is 5.88 Å². The van der Waals surface area contributed by atoms with E-state index in [1.165, 1.54) is 10.7 Å². The van der Waals surface area contributed by atoms with Crippen LogP contribution in [0.25, 0.3) is 5.69 Å². The molecule has 0 saturated carbocycles. The number of pyridine rings is 1. The highest BCUT2D eigenvalue weighted by Crippen LogP contribution is 2.41. The van der Waals surface area contributed by atoms with Crippen LogP contribution in [0.1, 0.15) is 41.4 Å². The minimum Gasteiger partial charge on any atom is -0.493 e. The van der Waals surface area contributed by atoms with Crippen molar-refractivity contribution in [3.63, 3.8) is 0 Å². The van der Waals surface area contributed by atoms with Crippen LogP contribution >= 0.6 is 11.6 Å². The first-order valence-corrected chi connectivity index (χ1v) is 8.73. The molecule has 0 spiro atoms. The quantitative estimate of drug-likeness (QED) is 0.586. The lowest BCUT2D eigenvalue weighted by Crippen LogP contribution is -2.16. The summed E-state index contributed by atoms with van der Waals surface area (Å²) in [6, 6.07) is 3.26. The van der Waals surface area contributed by atoms with E-state index in [-0.39, 0.29) is 17.0 Å². The van der Waals surface area contributed by atoms with Gasteiger partial charge in [-0.15, -0.1) is 0 Å². The fraction of sp³-hybridized carbons (Fsp3) is 0.222. The molecule has 11 heteroatoms. The fourth-order valence-electron chi connectivity index (χ4n) is 3.16. The van der Waals surface area contributed by atoms with E-state index in [2.05, 4.69) is 20.1 Å². The number of nitrogens with zero attached hydrogens (tertiary/aromatic N) is 5. The number of fused-ring (bicyclic) bond motifs is 3. The summed E-state index contributed by atoms with van der Waals surface area (Å²) in [4.78, 5) is 12.4. The summed E-state index contributed by atoms with van der Waals surface area (Å²) in [7, 11) is 0. The Labute approximate surface area is 166 Å². The van der Waals surface area contributed by atoms with Gasteiger partial charge in [0.1, 0.15) is 17.6 Å². The molecule has 1 aliphatic heterocycles. The number of alkyl halides is 3. The molecule has 0 bridgehead atoms. The third-order valence-electron chi connectivity index (χ3n) is 4.38. The highest BCUT2D eigenvalue weighted by atomic mass is 35.5. The Morgan fingerprint density at radius 1 is 1.14 bits per heavy atom. The van der Waals surface area contributed by atoms with Gasteiger partial charge in [0.25, 0.3) is 0 Å². The van der Waals surface area contributed by atoms with Gasteiger partial charge in [-0.1, -0.05) is 11.6 Å². The van der Waals surface area contributed by atoms with Crippen molar-refractivity contribution in [2.45, 2.75) is 26.1 Å². The number of hydrogen-bond acceptors (Lipinski definition) is 5. The van der Waals surface area contributed by atoms with Crippen molar-refractivity contribution in [1.29, 1.82) is 0 Å². The third-order valence-corrected chi connectivity index (χ3v) is 4.77. The zero-order valence-electron chi connectivity index (χ0n) is 15.0. The van der Waals surface area contributed by atoms with Gasteiger partial charge in [-0.25, -0.2) is 19.0 Å². The molecule has 0 unspecified atom stereocenters. The highest BCUT2D eigenvalue weighted by molar-refractivity contribution is 6.37. The zero-order chi connectivity index (χ0) is 21.1. The molecular formula is C18H12ClF4N5O. The van der Waals surface area contributed by atoms with Crippen molar-refractivity contribution in [3.8, 4) is 11.6 Å². The molecule has 3 heterocycles. The highest BCUT2D eigenvalue weighted by Gasteiger charge is 2.38. The number of aryl methyl sites for hydroxylation is 1. The fourth-order valence-corrected chi connectivity index (χ4v) is 3.52. The molecule has 2 aromatic heterocycles. The Morgan fingerprint density at radius 3 is 2.55 bits per heavy atom. The van der Waals surface area contributed by atoms with Crippen LogP contribution < -0.4 is 0 Å². The molecule has 6 nitrogen and oxygen atoms in total. The molecular weight excluding hydrogens is 414 g/mol. The zero-order valence-corrected chi connectivity index (χ0v) is 15.7. The summed E-state index contributed by atoms with van der Waals surface area (Å²) in [5.41, 5.74) is -1.83. The number of aliphatic imine (C=N–C) groups is 1. The van der Waals surface area contributed by atoms with E-state index in [0.717, 1.165) is 18.2 Å². The van der Waals surface area contributed by atoms with Gasteiger partial charge < -0.3 is 5.11 Å². The maximum atomic E-state index is 14.5. The number of aromatic nitrogens is 4. The van der Waals surface area contributed by atoms with Gasteiger partial charge in [0, 0.05) is 11.6 Å². The van der Waals surface area contributed by atoms with Crippen LogP contribution in [0.4, 0.5) is 17.6 Å². The third kappa shape index (κ3) is 3.13. The van der Waals surface area contributed by atoms with Gasteiger partial charge in [0.05, 0.1) is 22.0 Å². The number of rotatable bonds is 1. The van der Waals surface area contributed by atoms with Crippen LogP contribution in [-0.2, 0) is 6.18 Å². The first-order chi connectivity index (χ1) is 13.6. The van der Waals surface area contributed by atoms with Crippen molar-refractivity contribution < 1.29 is 22.7 Å². The van der Waals surface area contributed by atoms with Crippen LogP contribution in [0.2, 0.25) is 5.02 Å². The average Bonchev–Trinajstić information content (AvgIpc) is 2.98. The molecule has 1 atom stereocenters. The predicted octanol–water partition coefficient (Wildman–Crippen LogP) is 4.40. The Bertz CT molecular complexity index is 1170.